The van der Waals surface area contributed by atoms with Gasteiger partial charge in [-0.15, -0.1) is 0 Å². The lowest BCUT2D eigenvalue weighted by Crippen LogP contribution is -2.31. The first-order valence-corrected chi connectivity index (χ1v) is 9.44. The van der Waals surface area contributed by atoms with Crippen LogP contribution in [0.2, 0.25) is 0 Å². The molecule has 2 aromatic carbocycles. The monoisotopic (exact) mass is 414 g/mol. The zero-order chi connectivity index (χ0) is 21.7. The van der Waals surface area contributed by atoms with Crippen molar-refractivity contribution in [3.63, 3.8) is 0 Å². The van der Waals surface area contributed by atoms with E-state index in [-0.39, 0.29) is 23.7 Å². The molecule has 1 N–H and O–H groups in total. The molecule has 0 aromatic heterocycles. The number of nitro benzene ring substituents is 1. The number of hydrogen-bond donors (Lipinski definition) is 1. The first-order chi connectivity index (χ1) is 14.4. The van der Waals surface area contributed by atoms with E-state index in [0.717, 1.165) is 19.3 Å². The van der Waals surface area contributed by atoms with Crippen molar-refractivity contribution < 1.29 is 28.7 Å². The van der Waals surface area contributed by atoms with Gasteiger partial charge in [0, 0.05) is 12.1 Å². The van der Waals surface area contributed by atoms with Gasteiger partial charge >= 0.3 is 5.97 Å². The van der Waals surface area contributed by atoms with Gasteiger partial charge in [-0.1, -0.05) is 6.07 Å². The molecule has 0 saturated carbocycles. The summed E-state index contributed by atoms with van der Waals surface area (Å²) in [5.41, 5.74) is 2.42. The summed E-state index contributed by atoms with van der Waals surface area (Å²) in [5.74, 6) is -0.540. The van der Waals surface area contributed by atoms with Gasteiger partial charge in [0.2, 0.25) is 0 Å². The topological polar surface area (TPSA) is 117 Å². The third-order valence-corrected chi connectivity index (χ3v) is 4.76. The summed E-state index contributed by atoms with van der Waals surface area (Å²) in [7, 11) is 1.37. The van der Waals surface area contributed by atoms with Crippen LogP contribution in [0.3, 0.4) is 0 Å². The number of rotatable bonds is 8. The van der Waals surface area contributed by atoms with E-state index < -0.39 is 22.9 Å². The molecule has 30 heavy (non-hydrogen) atoms. The van der Waals surface area contributed by atoms with Crippen LogP contribution in [0.4, 0.5) is 11.4 Å². The van der Waals surface area contributed by atoms with Crippen molar-refractivity contribution in [1.82, 2.24) is 0 Å². The number of nitrogens with one attached hydrogen (secondary N) is 1. The van der Waals surface area contributed by atoms with Crippen LogP contribution in [-0.4, -0.2) is 36.6 Å². The van der Waals surface area contributed by atoms with Crippen molar-refractivity contribution in [1.29, 1.82) is 0 Å². The van der Waals surface area contributed by atoms with Crippen LogP contribution in [0, 0.1) is 10.1 Å². The molecule has 1 aliphatic carbocycles. The normalized spacial score (nSPS) is 13.1. The van der Waals surface area contributed by atoms with E-state index in [4.69, 9.17) is 14.2 Å². The first kappa shape index (κ1) is 21.1. The van der Waals surface area contributed by atoms with Crippen LogP contribution in [0.15, 0.2) is 36.4 Å². The minimum Gasteiger partial charge on any atom is -0.495 e. The van der Waals surface area contributed by atoms with Crippen molar-refractivity contribution in [3.8, 4) is 11.5 Å². The molecule has 0 spiro atoms. The van der Waals surface area contributed by atoms with Crippen molar-refractivity contribution in [2.24, 2.45) is 0 Å². The van der Waals surface area contributed by atoms with Crippen molar-refractivity contribution in [2.45, 2.75) is 32.3 Å². The number of hydrogen-bond acceptors (Lipinski definition) is 7. The summed E-state index contributed by atoms with van der Waals surface area (Å²) < 4.78 is 15.7. The molecular formula is C21H22N2O7. The number of anilines is 1. The highest BCUT2D eigenvalue weighted by Gasteiger charge is 2.21. The molecule has 0 saturated heterocycles. The summed E-state index contributed by atoms with van der Waals surface area (Å²) in [6.07, 6.45) is 2.03. The maximum atomic E-state index is 12.3. The highest BCUT2D eigenvalue weighted by atomic mass is 16.6. The smallest absolute Gasteiger partial charge is 0.344 e. The fourth-order valence-electron chi connectivity index (χ4n) is 3.21. The number of amides is 1. The molecule has 2 aromatic rings. The molecule has 3 rings (SSSR count). The van der Waals surface area contributed by atoms with Gasteiger partial charge in [-0.3, -0.25) is 14.9 Å². The lowest BCUT2D eigenvalue weighted by atomic mass is 10.1. The molecule has 0 aliphatic heterocycles. The minimum atomic E-state index is -1.13. The Labute approximate surface area is 173 Å². The van der Waals surface area contributed by atoms with Gasteiger partial charge in [0.25, 0.3) is 11.6 Å². The highest BCUT2D eigenvalue weighted by molar-refractivity contribution is 5.96. The zero-order valence-corrected chi connectivity index (χ0v) is 16.7. The number of nitrogens with zero attached hydrogens (tertiary/aromatic N) is 1. The number of fused-ring (bicyclic) bond motifs is 1. The van der Waals surface area contributed by atoms with Gasteiger partial charge in [-0.2, -0.15) is 0 Å². The SMILES string of the molecule is COc1ccc([N+](=O)[O-])cc1NC(=O)C(C)OC(=O)COc1ccc2c(c1)CCC2. The van der Waals surface area contributed by atoms with Crippen LogP contribution in [0.5, 0.6) is 11.5 Å². The highest BCUT2D eigenvalue weighted by Crippen LogP contribution is 2.29. The number of carbonyl (C=O) groups is 2. The van der Waals surface area contributed by atoms with Crippen LogP contribution < -0.4 is 14.8 Å². The van der Waals surface area contributed by atoms with Gasteiger partial charge in [0.15, 0.2) is 12.7 Å². The zero-order valence-electron chi connectivity index (χ0n) is 16.7. The van der Waals surface area contributed by atoms with E-state index in [9.17, 15) is 19.7 Å². The van der Waals surface area contributed by atoms with Crippen molar-refractivity contribution >= 4 is 23.3 Å². The number of non-ortho nitro benzene ring substituents is 1. The van der Waals surface area contributed by atoms with Crippen LogP contribution in [-0.2, 0) is 27.2 Å². The minimum absolute atomic E-state index is 0.106. The molecule has 1 atom stereocenters. The molecule has 1 unspecified atom stereocenters. The molecule has 9 heteroatoms. The number of nitro groups is 1. The second-order valence-corrected chi connectivity index (χ2v) is 6.84. The fourth-order valence-corrected chi connectivity index (χ4v) is 3.21. The standard InChI is InChI=1S/C21H22N2O7/c1-13(21(25)22-18-11-16(23(26)27)7-9-19(18)28-2)30-20(24)12-29-17-8-6-14-4-3-5-15(14)10-17/h6-11,13H,3-5,12H2,1-2H3,(H,22,25). The number of methoxy groups -OCH3 is 1. The summed E-state index contributed by atoms with van der Waals surface area (Å²) in [6.45, 7) is 1.06. The predicted octanol–water partition coefficient (Wildman–Crippen LogP) is 3.04. The average Bonchev–Trinajstić information content (AvgIpc) is 3.20. The Morgan fingerprint density at radius 2 is 1.93 bits per heavy atom. The number of aryl methyl sites for hydroxylation is 2. The third kappa shape index (κ3) is 5.05. The fraction of sp³-hybridized carbons (Fsp3) is 0.333. The molecule has 0 heterocycles. The molecular weight excluding hydrogens is 392 g/mol. The number of ether oxygens (including phenoxy) is 3. The summed E-state index contributed by atoms with van der Waals surface area (Å²) in [4.78, 5) is 34.7. The Hall–Kier alpha value is -3.62. The first-order valence-electron chi connectivity index (χ1n) is 9.44. The van der Waals surface area contributed by atoms with Crippen LogP contribution >= 0.6 is 0 Å². The lowest BCUT2D eigenvalue weighted by molar-refractivity contribution is -0.384. The molecule has 1 aliphatic rings. The summed E-state index contributed by atoms with van der Waals surface area (Å²) in [6, 6.07) is 9.51. The van der Waals surface area contributed by atoms with Gasteiger partial charge in [0.1, 0.15) is 11.5 Å². The second kappa shape index (κ2) is 9.25. The van der Waals surface area contributed by atoms with Gasteiger partial charge in [0.05, 0.1) is 17.7 Å². The van der Waals surface area contributed by atoms with Gasteiger partial charge in [-0.25, -0.2) is 4.79 Å². The van der Waals surface area contributed by atoms with E-state index in [2.05, 4.69) is 5.32 Å². The summed E-state index contributed by atoms with van der Waals surface area (Å²) >= 11 is 0. The van der Waals surface area contributed by atoms with E-state index in [1.807, 2.05) is 18.2 Å². The largest absolute Gasteiger partial charge is 0.495 e. The predicted molar refractivity (Wildman–Crippen MR) is 108 cm³/mol. The lowest BCUT2D eigenvalue weighted by Gasteiger charge is -2.15. The van der Waals surface area contributed by atoms with E-state index in [1.54, 1.807) is 0 Å². The Balaban J connectivity index is 1.54. The number of carbonyl (C=O) groups excluding carboxylic acids is 2. The van der Waals surface area contributed by atoms with Crippen molar-refractivity contribution in [2.75, 3.05) is 19.0 Å². The molecule has 0 bridgehead atoms. The third-order valence-electron chi connectivity index (χ3n) is 4.76. The average molecular weight is 414 g/mol. The van der Waals surface area contributed by atoms with Gasteiger partial charge in [-0.05, 0) is 55.5 Å². The summed E-state index contributed by atoms with van der Waals surface area (Å²) in [5, 5.41) is 13.4. The Morgan fingerprint density at radius 1 is 1.17 bits per heavy atom. The second-order valence-electron chi connectivity index (χ2n) is 6.84. The molecule has 0 fully saturated rings. The molecule has 0 radical (unpaired) electrons. The molecule has 1 amide bonds. The maximum Gasteiger partial charge on any atom is 0.344 e. The molecule has 158 valence electrons. The quantitative estimate of drug-likeness (QED) is 0.401. The Morgan fingerprint density at radius 3 is 2.67 bits per heavy atom. The van der Waals surface area contributed by atoms with Gasteiger partial charge < -0.3 is 19.5 Å². The number of esters is 1. The van der Waals surface area contributed by atoms with E-state index >= 15 is 0 Å². The molecule has 9 nitrogen and oxygen atoms in total. The van der Waals surface area contributed by atoms with Crippen LogP contribution in [0.1, 0.15) is 24.5 Å². The Kier molecular flexibility index (Phi) is 6.51. The van der Waals surface area contributed by atoms with Crippen LogP contribution in [0.25, 0.3) is 0 Å². The van der Waals surface area contributed by atoms with E-state index in [1.165, 1.54) is 43.4 Å². The van der Waals surface area contributed by atoms with E-state index in [0.29, 0.717) is 5.75 Å². The van der Waals surface area contributed by atoms with Crippen molar-refractivity contribution in [3.05, 3.63) is 57.6 Å². The number of benzene rings is 2. The maximum absolute atomic E-state index is 12.3. The Bertz CT molecular complexity index is 974.